The summed E-state index contributed by atoms with van der Waals surface area (Å²) in [6.07, 6.45) is 6.18. The average molecular weight is 284 g/mol. The van der Waals surface area contributed by atoms with Gasteiger partial charge in [0, 0.05) is 0 Å². The van der Waals surface area contributed by atoms with Gasteiger partial charge in [-0.25, -0.2) is 0 Å². The minimum atomic E-state index is -2.42. The van der Waals surface area contributed by atoms with Crippen LogP contribution in [-0.2, 0) is 14.3 Å². The molecule has 112 valence electrons. The molecule has 0 amide bonds. The molecule has 0 saturated carbocycles. The summed E-state index contributed by atoms with van der Waals surface area (Å²) in [4.78, 5) is 20.9. The second-order valence-corrected chi connectivity index (χ2v) is 3.89. The fraction of sp³-hybridized carbons (Fsp3) is 0.818. The second kappa shape index (κ2) is 18.5. The van der Waals surface area contributed by atoms with E-state index in [0.717, 1.165) is 19.3 Å². The molecule has 0 aromatic rings. The molecular formula is C11H22BLiO7. The second-order valence-electron chi connectivity index (χ2n) is 3.89. The molecule has 0 atom stereocenters. The van der Waals surface area contributed by atoms with Crippen LogP contribution in [0.1, 0.15) is 51.9 Å². The standard InChI is InChI=1S/C11H20O4.BH2O3.Li/c1-2-3-4-5-6-7-8-15-11(14)9-10(12)13;2-1(3)4;/h2-9H2,1H3,(H,12,13);2-3H;/q;-1;+1. The first kappa shape index (κ1) is 24.5. The number of carbonyl (C=O) groups excluding carboxylic acids is 1. The number of carboxylic acids is 1. The third-order valence-electron chi connectivity index (χ3n) is 2.06. The van der Waals surface area contributed by atoms with Crippen LogP contribution in [0.2, 0.25) is 0 Å². The zero-order valence-corrected chi connectivity index (χ0v) is 12.2. The SMILES string of the molecule is CCCCCCCCOC(=O)CC(=O)O.[Li+].[O-]B(O)O. The third-order valence-corrected chi connectivity index (χ3v) is 2.06. The van der Waals surface area contributed by atoms with Gasteiger partial charge < -0.3 is 24.9 Å². The smallest absolute Gasteiger partial charge is 0.832 e. The number of carboxylic acid groups (broad SMARTS) is 1. The molecule has 0 spiro atoms. The molecule has 0 fully saturated rings. The largest absolute Gasteiger partial charge is 1.00 e. The maximum atomic E-state index is 10.8. The van der Waals surface area contributed by atoms with Gasteiger partial charge >= 0.3 is 38.1 Å². The van der Waals surface area contributed by atoms with Crippen LogP contribution < -0.4 is 23.9 Å². The quantitative estimate of drug-likeness (QED) is 0.175. The van der Waals surface area contributed by atoms with E-state index in [1.807, 2.05) is 0 Å². The predicted octanol–water partition coefficient (Wildman–Crippen LogP) is -3.31. The van der Waals surface area contributed by atoms with Gasteiger partial charge in [-0.2, -0.15) is 0 Å². The zero-order chi connectivity index (χ0) is 15.1. The molecule has 0 heterocycles. The van der Waals surface area contributed by atoms with Crippen molar-refractivity contribution >= 4 is 19.3 Å². The summed E-state index contributed by atoms with van der Waals surface area (Å²) in [5.41, 5.74) is 0. The number of carbonyl (C=O) groups is 2. The van der Waals surface area contributed by atoms with E-state index in [9.17, 15) is 9.59 Å². The van der Waals surface area contributed by atoms with Gasteiger partial charge in [0.1, 0.15) is 6.42 Å². The Morgan fingerprint density at radius 2 is 1.55 bits per heavy atom. The number of aliphatic carboxylic acids is 1. The first-order valence-electron chi connectivity index (χ1n) is 6.29. The van der Waals surface area contributed by atoms with Gasteiger partial charge in [0.15, 0.2) is 0 Å². The van der Waals surface area contributed by atoms with E-state index in [2.05, 4.69) is 6.92 Å². The summed E-state index contributed by atoms with van der Waals surface area (Å²) in [6, 6.07) is 0. The molecule has 0 aliphatic rings. The number of ether oxygens (including phenoxy) is 1. The van der Waals surface area contributed by atoms with E-state index in [0.29, 0.717) is 6.61 Å². The van der Waals surface area contributed by atoms with Crippen LogP contribution >= 0.6 is 0 Å². The maximum Gasteiger partial charge on any atom is 1.00 e. The summed E-state index contributed by atoms with van der Waals surface area (Å²) < 4.78 is 4.74. The van der Waals surface area contributed by atoms with Gasteiger partial charge in [-0.15, -0.1) is 0 Å². The minimum Gasteiger partial charge on any atom is -0.832 e. The van der Waals surface area contributed by atoms with Gasteiger partial charge in [0.25, 0.3) is 0 Å². The van der Waals surface area contributed by atoms with Crippen LogP contribution in [0.4, 0.5) is 0 Å². The van der Waals surface area contributed by atoms with Crippen molar-refractivity contribution in [3.8, 4) is 0 Å². The molecule has 3 N–H and O–H groups in total. The van der Waals surface area contributed by atoms with E-state index in [-0.39, 0.29) is 18.9 Å². The normalized spacial score (nSPS) is 8.80. The van der Waals surface area contributed by atoms with Crippen LogP contribution in [0.25, 0.3) is 0 Å². The van der Waals surface area contributed by atoms with Crippen molar-refractivity contribution in [2.45, 2.75) is 51.9 Å². The van der Waals surface area contributed by atoms with Gasteiger partial charge in [0.05, 0.1) is 6.61 Å². The molecule has 0 rings (SSSR count). The van der Waals surface area contributed by atoms with E-state index < -0.39 is 25.7 Å². The van der Waals surface area contributed by atoms with Crippen LogP contribution in [-0.4, -0.2) is 41.0 Å². The monoisotopic (exact) mass is 284 g/mol. The van der Waals surface area contributed by atoms with Gasteiger partial charge in [-0.05, 0) is 6.42 Å². The minimum absolute atomic E-state index is 0. The van der Waals surface area contributed by atoms with Crippen molar-refractivity contribution in [2.24, 2.45) is 0 Å². The van der Waals surface area contributed by atoms with Crippen molar-refractivity contribution in [2.75, 3.05) is 6.61 Å². The molecule has 0 radical (unpaired) electrons. The molecule has 0 saturated heterocycles. The van der Waals surface area contributed by atoms with E-state index in [4.69, 9.17) is 24.9 Å². The summed E-state index contributed by atoms with van der Waals surface area (Å²) in [5.74, 6) is -1.78. The number of rotatable bonds is 9. The molecule has 0 aromatic carbocycles. The molecule has 0 bridgehead atoms. The number of hydrogen-bond acceptors (Lipinski definition) is 6. The Morgan fingerprint density at radius 1 is 1.10 bits per heavy atom. The van der Waals surface area contributed by atoms with Crippen LogP contribution in [0.3, 0.4) is 0 Å². The first-order valence-corrected chi connectivity index (χ1v) is 6.29. The fourth-order valence-electron chi connectivity index (χ4n) is 1.24. The van der Waals surface area contributed by atoms with Gasteiger partial charge in [0.2, 0.25) is 0 Å². The Labute approximate surface area is 131 Å². The van der Waals surface area contributed by atoms with E-state index >= 15 is 0 Å². The molecule has 7 nitrogen and oxygen atoms in total. The van der Waals surface area contributed by atoms with Crippen LogP contribution in [0.15, 0.2) is 0 Å². The Kier molecular flexibility index (Phi) is 22.6. The zero-order valence-electron chi connectivity index (χ0n) is 12.2. The predicted molar refractivity (Wildman–Crippen MR) is 66.8 cm³/mol. The Hall–Kier alpha value is -0.518. The van der Waals surface area contributed by atoms with Crippen molar-refractivity contribution in [1.82, 2.24) is 0 Å². The molecule has 0 aromatic heterocycles. The summed E-state index contributed by atoms with van der Waals surface area (Å²) in [7, 11) is -2.42. The Balaban J connectivity index is -0.000000508. The molecular weight excluding hydrogens is 262 g/mol. The maximum absolute atomic E-state index is 10.8. The molecule has 0 aliphatic carbocycles. The average Bonchev–Trinajstić information content (AvgIpc) is 2.26. The van der Waals surface area contributed by atoms with Crippen molar-refractivity contribution in [3.05, 3.63) is 0 Å². The van der Waals surface area contributed by atoms with Crippen molar-refractivity contribution in [3.63, 3.8) is 0 Å². The fourth-order valence-corrected chi connectivity index (χ4v) is 1.24. The summed E-state index contributed by atoms with van der Waals surface area (Å²) in [5, 5.41) is 31.0. The molecule has 0 unspecified atom stereocenters. The summed E-state index contributed by atoms with van der Waals surface area (Å²) in [6.45, 7) is 2.51. The van der Waals surface area contributed by atoms with E-state index in [1.54, 1.807) is 0 Å². The Morgan fingerprint density at radius 3 is 2.00 bits per heavy atom. The van der Waals surface area contributed by atoms with Crippen molar-refractivity contribution in [1.29, 1.82) is 0 Å². The van der Waals surface area contributed by atoms with Gasteiger partial charge in [-0.1, -0.05) is 39.0 Å². The third kappa shape index (κ3) is 30.5. The van der Waals surface area contributed by atoms with Crippen LogP contribution in [0.5, 0.6) is 0 Å². The first-order chi connectivity index (χ1) is 8.90. The van der Waals surface area contributed by atoms with Crippen molar-refractivity contribution < 1.29 is 53.4 Å². The molecule has 0 aliphatic heterocycles. The molecule has 9 heteroatoms. The van der Waals surface area contributed by atoms with Crippen LogP contribution in [0, 0.1) is 0 Å². The Bertz CT molecular complexity index is 236. The number of esters is 1. The number of hydrogen-bond donors (Lipinski definition) is 3. The summed E-state index contributed by atoms with van der Waals surface area (Å²) >= 11 is 0. The molecule has 20 heavy (non-hydrogen) atoms. The van der Waals surface area contributed by atoms with E-state index in [1.165, 1.54) is 19.3 Å². The van der Waals surface area contributed by atoms with Gasteiger partial charge in [-0.3, -0.25) is 9.59 Å². The topological polar surface area (TPSA) is 127 Å². The number of unbranched alkanes of at least 4 members (excludes halogenated alkanes) is 5.